The number of nitrogens with zero attached hydrogens (tertiary/aromatic N) is 1. The molecule has 3 aromatic rings. The summed E-state index contributed by atoms with van der Waals surface area (Å²) in [6, 6.07) is 21.2. The van der Waals surface area contributed by atoms with Gasteiger partial charge in [-0.25, -0.2) is 4.90 Å². The van der Waals surface area contributed by atoms with Gasteiger partial charge in [-0.2, -0.15) is 0 Å². The number of hydrogen-bond donors (Lipinski definition) is 0. The van der Waals surface area contributed by atoms with Crippen LogP contribution in [0.2, 0.25) is 5.02 Å². The Morgan fingerprint density at radius 1 is 0.935 bits per heavy atom. The topological polar surface area (TPSA) is 46.6 Å². The summed E-state index contributed by atoms with van der Waals surface area (Å²) in [5, 5.41) is 0.439. The first-order chi connectivity index (χ1) is 15.0. The van der Waals surface area contributed by atoms with Gasteiger partial charge in [0.15, 0.2) is 0 Å². The second kappa shape index (κ2) is 6.44. The lowest BCUT2D eigenvalue weighted by Crippen LogP contribution is -2.50. The van der Waals surface area contributed by atoms with Gasteiger partial charge in [-0.15, -0.1) is 0 Å². The van der Waals surface area contributed by atoms with Gasteiger partial charge in [-0.05, 0) is 40.5 Å². The number of anilines is 1. The smallest absolute Gasteiger partial charge is 0.239 e. The van der Waals surface area contributed by atoms with Gasteiger partial charge < -0.3 is 4.74 Å². The minimum atomic E-state index is -0.771. The van der Waals surface area contributed by atoms with Gasteiger partial charge in [0.05, 0.1) is 29.0 Å². The molecule has 0 unspecified atom stereocenters. The van der Waals surface area contributed by atoms with E-state index in [2.05, 4.69) is 40.2 Å². The van der Waals surface area contributed by atoms with Crippen molar-refractivity contribution >= 4 is 45.0 Å². The molecular formula is C25H17BrClNO3. The molecule has 3 aliphatic carbocycles. The summed E-state index contributed by atoms with van der Waals surface area (Å²) < 4.78 is 4.69. The van der Waals surface area contributed by atoms with Crippen LogP contribution < -0.4 is 9.64 Å². The third kappa shape index (κ3) is 2.26. The SMILES string of the molecule is COc1ccc(Cl)cc1N1C(=O)[C@@H]2[C@@H](C1=O)C1c3ccccc3C2(Br)c2ccccc21. The van der Waals surface area contributed by atoms with Crippen LogP contribution in [0.4, 0.5) is 5.69 Å². The minimum absolute atomic E-state index is 0.177. The molecular weight excluding hydrogens is 478 g/mol. The van der Waals surface area contributed by atoms with Crippen LogP contribution in [0.3, 0.4) is 0 Å². The molecule has 6 heteroatoms. The Labute approximate surface area is 192 Å². The molecule has 0 N–H and O–H groups in total. The maximum Gasteiger partial charge on any atom is 0.239 e. The first-order valence-corrected chi connectivity index (χ1v) is 11.2. The van der Waals surface area contributed by atoms with E-state index in [0.717, 1.165) is 22.3 Å². The summed E-state index contributed by atoms with van der Waals surface area (Å²) >= 11 is 10.2. The fraction of sp³-hybridized carbons (Fsp3) is 0.200. The summed E-state index contributed by atoms with van der Waals surface area (Å²) in [6.07, 6.45) is 0. The third-order valence-electron chi connectivity index (χ3n) is 6.90. The number of ether oxygens (including phenoxy) is 1. The van der Waals surface area contributed by atoms with Crippen LogP contribution in [0.25, 0.3) is 0 Å². The largest absolute Gasteiger partial charge is 0.495 e. The molecule has 1 fully saturated rings. The lowest BCUT2D eigenvalue weighted by molar-refractivity contribution is -0.122. The number of alkyl halides is 1. The van der Waals surface area contributed by atoms with Crippen LogP contribution in [0.15, 0.2) is 66.7 Å². The van der Waals surface area contributed by atoms with Crippen molar-refractivity contribution in [3.63, 3.8) is 0 Å². The number of rotatable bonds is 2. The molecule has 1 aliphatic heterocycles. The summed E-state index contributed by atoms with van der Waals surface area (Å²) in [5.41, 5.74) is 4.70. The molecule has 0 aromatic heterocycles. The summed E-state index contributed by atoms with van der Waals surface area (Å²) in [5.74, 6) is -1.24. The predicted octanol–water partition coefficient (Wildman–Crippen LogP) is 5.25. The van der Waals surface area contributed by atoms with Crippen molar-refractivity contribution < 1.29 is 14.3 Å². The predicted molar refractivity (Wildman–Crippen MR) is 122 cm³/mol. The molecule has 4 aliphatic rings. The van der Waals surface area contributed by atoms with Crippen LogP contribution in [-0.4, -0.2) is 18.9 Å². The van der Waals surface area contributed by atoms with Gasteiger partial charge in [0.1, 0.15) is 5.75 Å². The average molecular weight is 495 g/mol. The Bertz CT molecular complexity index is 1240. The summed E-state index contributed by atoms with van der Waals surface area (Å²) in [7, 11) is 1.52. The molecule has 2 bridgehead atoms. The van der Waals surface area contributed by atoms with Crippen LogP contribution in [0, 0.1) is 11.8 Å². The van der Waals surface area contributed by atoms with Crippen molar-refractivity contribution in [1.29, 1.82) is 0 Å². The van der Waals surface area contributed by atoms with Crippen LogP contribution in [0.1, 0.15) is 28.2 Å². The first kappa shape index (κ1) is 19.1. The van der Waals surface area contributed by atoms with Crippen LogP contribution in [0.5, 0.6) is 5.75 Å². The normalized spacial score (nSPS) is 27.7. The number of hydrogen-bond acceptors (Lipinski definition) is 3. The number of carbonyl (C=O) groups excluding carboxylic acids is 2. The molecule has 4 nitrogen and oxygen atoms in total. The molecule has 1 heterocycles. The first-order valence-electron chi connectivity index (χ1n) is 10.1. The molecule has 31 heavy (non-hydrogen) atoms. The van der Waals surface area contributed by atoms with E-state index in [0.29, 0.717) is 16.5 Å². The number of imide groups is 1. The molecule has 1 saturated heterocycles. The second-order valence-electron chi connectivity index (χ2n) is 8.20. The highest BCUT2D eigenvalue weighted by molar-refractivity contribution is 9.09. The average Bonchev–Trinajstić information content (AvgIpc) is 3.05. The molecule has 2 amide bonds. The molecule has 0 saturated carbocycles. The number of benzene rings is 3. The molecule has 7 rings (SSSR count). The van der Waals surface area contributed by atoms with Crippen molar-refractivity contribution in [1.82, 2.24) is 0 Å². The van der Waals surface area contributed by atoms with Crippen LogP contribution >= 0.6 is 27.5 Å². The maximum absolute atomic E-state index is 13.9. The summed E-state index contributed by atoms with van der Waals surface area (Å²) in [4.78, 5) is 29.1. The van der Waals surface area contributed by atoms with E-state index in [1.54, 1.807) is 18.2 Å². The highest BCUT2D eigenvalue weighted by atomic mass is 79.9. The van der Waals surface area contributed by atoms with Crippen molar-refractivity contribution in [3.05, 3.63) is 94.0 Å². The number of halogens is 2. The highest BCUT2D eigenvalue weighted by Gasteiger charge is 2.67. The number of carbonyl (C=O) groups is 2. The van der Waals surface area contributed by atoms with Gasteiger partial charge in [-0.3, -0.25) is 9.59 Å². The monoisotopic (exact) mass is 493 g/mol. The molecule has 2 atom stereocenters. The lowest BCUT2D eigenvalue weighted by atomic mass is 9.55. The quantitative estimate of drug-likeness (QED) is 0.361. The fourth-order valence-corrected chi connectivity index (χ4v) is 7.12. The van der Waals surface area contributed by atoms with Gasteiger partial charge in [0.2, 0.25) is 11.8 Å². The zero-order valence-corrected chi connectivity index (χ0v) is 18.9. The van der Waals surface area contributed by atoms with Crippen LogP contribution in [-0.2, 0) is 13.9 Å². The highest BCUT2D eigenvalue weighted by Crippen LogP contribution is 2.66. The Morgan fingerprint density at radius 3 is 2.16 bits per heavy atom. The van der Waals surface area contributed by atoms with Gasteiger partial charge in [0, 0.05) is 10.9 Å². The molecule has 154 valence electrons. The zero-order chi connectivity index (χ0) is 21.5. The molecule has 0 spiro atoms. The molecule has 0 radical (unpaired) electrons. The fourth-order valence-electron chi connectivity index (χ4n) is 5.75. The van der Waals surface area contributed by atoms with Crippen molar-refractivity contribution in [2.45, 2.75) is 10.2 Å². The number of methoxy groups -OCH3 is 1. The second-order valence-corrected chi connectivity index (χ2v) is 9.88. The van der Waals surface area contributed by atoms with E-state index >= 15 is 0 Å². The Kier molecular flexibility index (Phi) is 3.96. The van der Waals surface area contributed by atoms with E-state index in [4.69, 9.17) is 16.3 Å². The minimum Gasteiger partial charge on any atom is -0.495 e. The number of amides is 2. The Hall–Kier alpha value is -2.63. The van der Waals surface area contributed by atoms with E-state index in [1.165, 1.54) is 12.0 Å². The van der Waals surface area contributed by atoms with Crippen molar-refractivity contribution in [2.75, 3.05) is 12.0 Å². The summed E-state index contributed by atoms with van der Waals surface area (Å²) in [6.45, 7) is 0. The van der Waals surface area contributed by atoms with E-state index < -0.39 is 16.2 Å². The Morgan fingerprint density at radius 2 is 1.55 bits per heavy atom. The zero-order valence-electron chi connectivity index (χ0n) is 16.5. The van der Waals surface area contributed by atoms with E-state index in [9.17, 15) is 9.59 Å². The van der Waals surface area contributed by atoms with E-state index in [1.807, 2.05) is 24.3 Å². The third-order valence-corrected chi connectivity index (χ3v) is 8.48. The molecule has 3 aromatic carbocycles. The van der Waals surface area contributed by atoms with Gasteiger partial charge in [0.25, 0.3) is 0 Å². The van der Waals surface area contributed by atoms with E-state index in [-0.39, 0.29) is 17.7 Å². The maximum atomic E-state index is 13.9. The van der Waals surface area contributed by atoms with Crippen molar-refractivity contribution in [2.24, 2.45) is 11.8 Å². The standard InChI is InChI=1S/C25H17BrClNO3/c1-31-19-11-10-13(27)12-18(19)28-23(29)21-20-14-6-2-4-8-16(14)25(26,22(21)24(28)30)17-9-5-3-7-15(17)20/h2-12,20-22H,1H3/t20?,21-,22-,25?/m0/s1. The Balaban J connectivity index is 1.62. The van der Waals surface area contributed by atoms with Gasteiger partial charge in [-0.1, -0.05) is 76.1 Å². The lowest BCUT2D eigenvalue weighted by Gasteiger charge is -2.51. The van der Waals surface area contributed by atoms with Gasteiger partial charge >= 0.3 is 0 Å². The van der Waals surface area contributed by atoms with Crippen molar-refractivity contribution in [3.8, 4) is 5.75 Å².